The molecule has 0 atom stereocenters. The van der Waals surface area contributed by atoms with Crippen LogP contribution in [0.2, 0.25) is 10.0 Å². The summed E-state index contributed by atoms with van der Waals surface area (Å²) in [4.78, 5) is 9.57. The largest absolute Gasteiger partial charge is 0.494 e. The smallest absolute Gasteiger partial charge is 0.137 e. The van der Waals surface area contributed by atoms with Crippen molar-refractivity contribution in [3.05, 3.63) is 82.6 Å². The third-order valence-electron chi connectivity index (χ3n) is 6.55. The van der Waals surface area contributed by atoms with Crippen LogP contribution < -0.4 is 9.64 Å². The van der Waals surface area contributed by atoms with Crippen molar-refractivity contribution >= 4 is 34.5 Å². The average Bonchev–Trinajstić information content (AvgIpc) is 3.30. The molecule has 0 radical (unpaired) electrons. The minimum Gasteiger partial charge on any atom is -0.494 e. The highest BCUT2D eigenvalue weighted by Crippen LogP contribution is 2.33. The van der Waals surface area contributed by atoms with Gasteiger partial charge in [0, 0.05) is 44.1 Å². The monoisotopic (exact) mass is 508 g/mol. The normalized spacial score (nSPS) is 14.5. The number of benzene rings is 2. The molecular formula is C28H30Cl2N4O. The first-order valence-electron chi connectivity index (χ1n) is 12.2. The highest BCUT2D eigenvalue weighted by molar-refractivity contribution is 6.43. The van der Waals surface area contributed by atoms with Crippen molar-refractivity contribution in [2.75, 3.05) is 44.2 Å². The first-order chi connectivity index (χ1) is 17.1. The second-order valence-electron chi connectivity index (χ2n) is 9.08. The van der Waals surface area contributed by atoms with E-state index in [1.54, 1.807) is 0 Å². The maximum atomic E-state index is 6.39. The highest BCUT2D eigenvalue weighted by Gasteiger charge is 2.19. The number of imidazole rings is 1. The predicted octanol–water partition coefficient (Wildman–Crippen LogP) is 6.60. The SMILES string of the molecule is Cc1ccn2cc(-c3ccc(OCCCCN4CCN(c5cccc(Cl)c5Cl)CC4)cc3)nc2c1. The van der Waals surface area contributed by atoms with Gasteiger partial charge in [0.15, 0.2) is 0 Å². The van der Waals surface area contributed by atoms with Crippen molar-refractivity contribution in [3.63, 3.8) is 0 Å². The summed E-state index contributed by atoms with van der Waals surface area (Å²) in [7, 11) is 0. The standard InChI is InChI=1S/C28H30Cl2N4O/c1-21-11-13-34-20-25(31-27(34)19-21)22-7-9-23(10-8-22)35-18-3-2-12-32-14-16-33(17-15-32)26-6-4-5-24(29)28(26)30/h4-11,13,19-20H,2-3,12,14-18H2,1H3. The van der Waals surface area contributed by atoms with Crippen LogP contribution in [-0.4, -0.2) is 53.6 Å². The summed E-state index contributed by atoms with van der Waals surface area (Å²) in [5.41, 5.74) is 5.28. The van der Waals surface area contributed by atoms with E-state index in [4.69, 9.17) is 32.9 Å². The van der Waals surface area contributed by atoms with Gasteiger partial charge in [-0.1, -0.05) is 29.3 Å². The van der Waals surface area contributed by atoms with E-state index in [-0.39, 0.29) is 0 Å². The van der Waals surface area contributed by atoms with Crippen LogP contribution >= 0.6 is 23.2 Å². The number of ether oxygens (including phenoxy) is 1. The van der Waals surface area contributed by atoms with Crippen LogP contribution in [0.3, 0.4) is 0 Å². The van der Waals surface area contributed by atoms with E-state index in [0.29, 0.717) is 10.0 Å². The van der Waals surface area contributed by atoms with E-state index < -0.39 is 0 Å². The lowest BCUT2D eigenvalue weighted by Crippen LogP contribution is -2.46. The van der Waals surface area contributed by atoms with Crippen molar-refractivity contribution in [1.29, 1.82) is 0 Å². The summed E-state index contributed by atoms with van der Waals surface area (Å²) in [6.07, 6.45) is 6.27. The predicted molar refractivity (Wildman–Crippen MR) is 145 cm³/mol. The number of rotatable bonds is 8. The number of anilines is 1. The number of pyridine rings is 1. The van der Waals surface area contributed by atoms with E-state index in [1.807, 2.05) is 36.5 Å². The fraction of sp³-hybridized carbons (Fsp3) is 0.321. The molecule has 0 N–H and O–H groups in total. The molecule has 0 bridgehead atoms. The number of halogens is 2. The summed E-state index contributed by atoms with van der Waals surface area (Å²) in [5.74, 6) is 0.903. The quantitative estimate of drug-likeness (QED) is 0.251. The summed E-state index contributed by atoms with van der Waals surface area (Å²) < 4.78 is 8.04. The Morgan fingerprint density at radius 1 is 0.943 bits per heavy atom. The highest BCUT2D eigenvalue weighted by atomic mass is 35.5. The molecule has 2 aromatic heterocycles. The van der Waals surface area contributed by atoms with Gasteiger partial charge < -0.3 is 14.0 Å². The number of unbranched alkanes of at least 4 members (excludes halogenated alkanes) is 1. The third-order valence-corrected chi connectivity index (χ3v) is 7.36. The number of nitrogens with zero attached hydrogens (tertiary/aromatic N) is 4. The summed E-state index contributed by atoms with van der Waals surface area (Å²) in [6, 6.07) is 18.3. The van der Waals surface area contributed by atoms with Gasteiger partial charge in [-0.05, 0) is 80.4 Å². The number of hydrogen-bond donors (Lipinski definition) is 0. The number of hydrogen-bond acceptors (Lipinski definition) is 4. The van der Waals surface area contributed by atoms with Gasteiger partial charge in [-0.2, -0.15) is 0 Å². The van der Waals surface area contributed by atoms with Gasteiger partial charge in [-0.25, -0.2) is 4.98 Å². The number of piperazine rings is 1. The molecule has 0 spiro atoms. The minimum absolute atomic E-state index is 0.617. The van der Waals surface area contributed by atoms with Crippen LogP contribution in [-0.2, 0) is 0 Å². The van der Waals surface area contributed by atoms with Crippen LogP contribution in [0.4, 0.5) is 5.69 Å². The van der Waals surface area contributed by atoms with E-state index in [2.05, 4.69) is 51.6 Å². The molecule has 0 unspecified atom stereocenters. The zero-order valence-electron chi connectivity index (χ0n) is 20.0. The molecule has 5 nitrogen and oxygen atoms in total. The van der Waals surface area contributed by atoms with Crippen LogP contribution in [0.25, 0.3) is 16.9 Å². The number of aryl methyl sites for hydroxylation is 1. The Morgan fingerprint density at radius 3 is 2.54 bits per heavy atom. The summed E-state index contributed by atoms with van der Waals surface area (Å²) in [6.45, 7) is 7.91. The molecule has 1 fully saturated rings. The Hall–Kier alpha value is -2.73. The van der Waals surface area contributed by atoms with Crippen molar-refractivity contribution in [2.45, 2.75) is 19.8 Å². The van der Waals surface area contributed by atoms with Crippen molar-refractivity contribution in [3.8, 4) is 17.0 Å². The molecular weight excluding hydrogens is 479 g/mol. The zero-order valence-corrected chi connectivity index (χ0v) is 21.5. The van der Waals surface area contributed by atoms with Crippen LogP contribution in [0.1, 0.15) is 18.4 Å². The molecule has 4 aromatic rings. The molecule has 1 aliphatic heterocycles. The van der Waals surface area contributed by atoms with Crippen LogP contribution in [0, 0.1) is 6.92 Å². The van der Waals surface area contributed by atoms with Crippen LogP contribution in [0.15, 0.2) is 67.0 Å². The van der Waals surface area contributed by atoms with Gasteiger partial charge in [0.2, 0.25) is 0 Å². The van der Waals surface area contributed by atoms with Gasteiger partial charge in [0.05, 0.1) is 28.0 Å². The maximum Gasteiger partial charge on any atom is 0.137 e. The molecule has 0 saturated carbocycles. The Balaban J connectivity index is 1.03. The molecule has 1 saturated heterocycles. The zero-order chi connectivity index (χ0) is 24.2. The first kappa shape index (κ1) is 24.0. The van der Waals surface area contributed by atoms with Gasteiger partial charge in [-0.3, -0.25) is 4.90 Å². The topological polar surface area (TPSA) is 33.0 Å². The Morgan fingerprint density at radius 2 is 1.74 bits per heavy atom. The maximum absolute atomic E-state index is 6.39. The molecule has 35 heavy (non-hydrogen) atoms. The second kappa shape index (κ2) is 10.9. The molecule has 0 amide bonds. The molecule has 0 aliphatic carbocycles. The minimum atomic E-state index is 0.617. The fourth-order valence-corrected chi connectivity index (χ4v) is 4.94. The van der Waals surface area contributed by atoms with Gasteiger partial charge >= 0.3 is 0 Å². The van der Waals surface area contributed by atoms with E-state index in [0.717, 1.165) is 80.5 Å². The van der Waals surface area contributed by atoms with Crippen LogP contribution in [0.5, 0.6) is 5.75 Å². The number of aromatic nitrogens is 2. The summed E-state index contributed by atoms with van der Waals surface area (Å²) in [5, 5.41) is 1.27. The Kier molecular flexibility index (Phi) is 7.47. The Bertz CT molecular complexity index is 1280. The van der Waals surface area contributed by atoms with Gasteiger partial charge in [-0.15, -0.1) is 0 Å². The lowest BCUT2D eigenvalue weighted by molar-refractivity contribution is 0.238. The summed E-state index contributed by atoms with van der Waals surface area (Å²) >= 11 is 12.6. The molecule has 3 heterocycles. The van der Waals surface area contributed by atoms with Crippen molar-refractivity contribution < 1.29 is 4.74 Å². The lowest BCUT2D eigenvalue weighted by atomic mass is 10.1. The number of fused-ring (bicyclic) bond motifs is 1. The molecule has 1 aliphatic rings. The second-order valence-corrected chi connectivity index (χ2v) is 9.86. The Labute approximate surface area is 216 Å². The molecule has 7 heteroatoms. The van der Waals surface area contributed by atoms with Gasteiger partial charge in [0.25, 0.3) is 0 Å². The molecule has 2 aromatic carbocycles. The molecule has 182 valence electrons. The van der Waals surface area contributed by atoms with Crippen molar-refractivity contribution in [2.24, 2.45) is 0 Å². The van der Waals surface area contributed by atoms with Gasteiger partial charge in [0.1, 0.15) is 11.4 Å². The van der Waals surface area contributed by atoms with E-state index in [9.17, 15) is 0 Å². The van der Waals surface area contributed by atoms with Crippen molar-refractivity contribution in [1.82, 2.24) is 14.3 Å². The fourth-order valence-electron chi connectivity index (χ4n) is 4.52. The lowest BCUT2D eigenvalue weighted by Gasteiger charge is -2.36. The molecule has 5 rings (SSSR count). The van der Waals surface area contributed by atoms with E-state index in [1.165, 1.54) is 5.56 Å². The third kappa shape index (κ3) is 5.75. The average molecular weight is 509 g/mol. The first-order valence-corrected chi connectivity index (χ1v) is 12.9. The van der Waals surface area contributed by atoms with E-state index >= 15 is 0 Å².